The van der Waals surface area contributed by atoms with Gasteiger partial charge in [0.2, 0.25) is 0 Å². The van der Waals surface area contributed by atoms with Gasteiger partial charge >= 0.3 is 6.18 Å². The molecule has 6 heteroatoms. The van der Waals surface area contributed by atoms with Crippen LogP contribution in [0.15, 0.2) is 46.9 Å². The maximum Gasteiger partial charge on any atom is 0.416 e. The summed E-state index contributed by atoms with van der Waals surface area (Å²) in [5.41, 5.74) is -0.189. The van der Waals surface area contributed by atoms with E-state index >= 15 is 0 Å². The number of benzene rings is 2. The summed E-state index contributed by atoms with van der Waals surface area (Å²) in [5, 5.41) is 10.3. The highest BCUT2D eigenvalue weighted by molar-refractivity contribution is 9.10. The lowest BCUT2D eigenvalue weighted by molar-refractivity contribution is -0.137. The first-order valence-electron chi connectivity index (χ1n) is 6.01. The Balaban J connectivity index is 2.43. The minimum absolute atomic E-state index is 0.166. The molecule has 1 unspecified atom stereocenters. The zero-order valence-corrected chi connectivity index (χ0v) is 12.6. The third-order valence-corrected chi connectivity index (χ3v) is 3.75. The van der Waals surface area contributed by atoms with Crippen LogP contribution < -0.4 is 4.74 Å². The average molecular weight is 361 g/mol. The summed E-state index contributed by atoms with van der Waals surface area (Å²) in [6, 6.07) is 9.57. The molecular weight excluding hydrogens is 349 g/mol. The van der Waals surface area contributed by atoms with E-state index in [1.54, 1.807) is 18.2 Å². The third-order valence-electron chi connectivity index (χ3n) is 3.03. The molecule has 1 N–H and O–H groups in total. The topological polar surface area (TPSA) is 29.5 Å². The normalized spacial score (nSPS) is 13.0. The van der Waals surface area contributed by atoms with Crippen molar-refractivity contribution in [1.82, 2.24) is 0 Å². The van der Waals surface area contributed by atoms with Crippen LogP contribution in [0.1, 0.15) is 22.8 Å². The molecule has 0 aliphatic rings. The summed E-state index contributed by atoms with van der Waals surface area (Å²) in [6.07, 6.45) is -5.63. The van der Waals surface area contributed by atoms with Gasteiger partial charge in [-0.15, -0.1) is 0 Å². The largest absolute Gasteiger partial charge is 0.497 e. The van der Waals surface area contributed by atoms with Crippen molar-refractivity contribution in [3.63, 3.8) is 0 Å². The highest BCUT2D eigenvalue weighted by atomic mass is 79.9. The maximum atomic E-state index is 12.7. The van der Waals surface area contributed by atoms with E-state index in [2.05, 4.69) is 15.9 Å². The molecule has 2 nitrogen and oxygen atoms in total. The van der Waals surface area contributed by atoms with E-state index in [0.29, 0.717) is 15.8 Å². The first-order valence-corrected chi connectivity index (χ1v) is 6.81. The number of aliphatic hydroxyl groups excluding tert-OH is 1. The van der Waals surface area contributed by atoms with Crippen molar-refractivity contribution in [3.8, 4) is 5.75 Å². The molecule has 0 saturated heterocycles. The van der Waals surface area contributed by atoms with Crippen molar-refractivity contribution in [3.05, 3.63) is 63.6 Å². The summed E-state index contributed by atoms with van der Waals surface area (Å²) in [7, 11) is 1.48. The average Bonchev–Trinajstić information content (AvgIpc) is 2.46. The van der Waals surface area contributed by atoms with Gasteiger partial charge in [-0.05, 0) is 35.9 Å². The minimum Gasteiger partial charge on any atom is -0.497 e. The van der Waals surface area contributed by atoms with E-state index in [9.17, 15) is 18.3 Å². The molecule has 0 fully saturated rings. The molecule has 2 aromatic rings. The first-order chi connectivity index (χ1) is 9.82. The highest BCUT2D eigenvalue weighted by Crippen LogP contribution is 2.35. The van der Waals surface area contributed by atoms with E-state index in [-0.39, 0.29) is 5.56 Å². The van der Waals surface area contributed by atoms with Crippen LogP contribution >= 0.6 is 15.9 Å². The smallest absolute Gasteiger partial charge is 0.416 e. The molecule has 0 heterocycles. The molecule has 0 bridgehead atoms. The van der Waals surface area contributed by atoms with Crippen LogP contribution in [-0.4, -0.2) is 12.2 Å². The second kappa shape index (κ2) is 6.07. The fraction of sp³-hybridized carbons (Fsp3) is 0.200. The number of methoxy groups -OCH3 is 1. The second-order valence-electron chi connectivity index (χ2n) is 4.41. The number of alkyl halides is 3. The monoisotopic (exact) mass is 360 g/mol. The molecule has 0 spiro atoms. The predicted molar refractivity (Wildman–Crippen MR) is 76.2 cm³/mol. The predicted octanol–water partition coefficient (Wildman–Crippen LogP) is 4.56. The van der Waals surface area contributed by atoms with Gasteiger partial charge in [-0.1, -0.05) is 28.1 Å². The molecule has 0 radical (unpaired) electrons. The standard InChI is InChI=1S/C15H12BrF3O2/c1-21-11-5-6-13(16)12(8-11)14(20)9-3-2-4-10(7-9)15(17,18)19/h2-8,14,20H,1H3. The van der Waals surface area contributed by atoms with E-state index in [1.165, 1.54) is 19.2 Å². The van der Waals surface area contributed by atoms with Crippen LogP contribution in [-0.2, 0) is 6.18 Å². The molecule has 0 aliphatic heterocycles. The lowest BCUT2D eigenvalue weighted by Gasteiger charge is -2.16. The molecule has 2 rings (SSSR count). The summed E-state index contributed by atoms with van der Waals surface area (Å²) in [4.78, 5) is 0. The van der Waals surface area contributed by atoms with Crippen LogP contribution in [0.2, 0.25) is 0 Å². The van der Waals surface area contributed by atoms with Crippen LogP contribution in [0.3, 0.4) is 0 Å². The van der Waals surface area contributed by atoms with Gasteiger partial charge in [0.15, 0.2) is 0 Å². The second-order valence-corrected chi connectivity index (χ2v) is 5.27. The first kappa shape index (κ1) is 15.9. The molecular formula is C15H12BrF3O2. The fourth-order valence-corrected chi connectivity index (χ4v) is 2.39. The Morgan fingerprint density at radius 2 is 1.86 bits per heavy atom. The van der Waals surface area contributed by atoms with Gasteiger partial charge in [0.25, 0.3) is 0 Å². The number of halogens is 4. The molecule has 21 heavy (non-hydrogen) atoms. The van der Waals surface area contributed by atoms with Crippen LogP contribution in [0.4, 0.5) is 13.2 Å². The Morgan fingerprint density at radius 3 is 2.48 bits per heavy atom. The lowest BCUT2D eigenvalue weighted by Crippen LogP contribution is -2.07. The molecule has 0 aliphatic carbocycles. The lowest BCUT2D eigenvalue weighted by atomic mass is 9.99. The van der Waals surface area contributed by atoms with Crippen molar-refractivity contribution in [2.45, 2.75) is 12.3 Å². The van der Waals surface area contributed by atoms with Crippen molar-refractivity contribution in [2.24, 2.45) is 0 Å². The Morgan fingerprint density at radius 1 is 1.14 bits per heavy atom. The van der Waals surface area contributed by atoms with Crippen molar-refractivity contribution in [2.75, 3.05) is 7.11 Å². The van der Waals surface area contributed by atoms with Gasteiger partial charge < -0.3 is 9.84 Å². The molecule has 0 saturated carbocycles. The van der Waals surface area contributed by atoms with Crippen LogP contribution in [0.5, 0.6) is 5.75 Å². The molecule has 0 amide bonds. The van der Waals surface area contributed by atoms with Gasteiger partial charge in [-0.2, -0.15) is 13.2 Å². The van der Waals surface area contributed by atoms with Gasteiger partial charge in [0, 0.05) is 10.0 Å². The molecule has 0 aromatic heterocycles. The van der Waals surface area contributed by atoms with Crippen LogP contribution in [0.25, 0.3) is 0 Å². The molecule has 112 valence electrons. The van der Waals surface area contributed by atoms with Gasteiger partial charge in [-0.3, -0.25) is 0 Å². The molecule has 1 atom stereocenters. The number of aliphatic hydroxyl groups is 1. The maximum absolute atomic E-state index is 12.7. The third kappa shape index (κ3) is 3.57. The van der Waals surface area contributed by atoms with E-state index in [4.69, 9.17) is 4.74 Å². The number of hydrogen-bond acceptors (Lipinski definition) is 2. The Kier molecular flexibility index (Phi) is 4.58. The quantitative estimate of drug-likeness (QED) is 0.869. The Bertz CT molecular complexity index is 641. The highest BCUT2D eigenvalue weighted by Gasteiger charge is 2.31. The zero-order valence-electron chi connectivity index (χ0n) is 11.0. The summed E-state index contributed by atoms with van der Waals surface area (Å²) >= 11 is 3.28. The van der Waals surface area contributed by atoms with Gasteiger partial charge in [0.1, 0.15) is 11.9 Å². The summed E-state index contributed by atoms with van der Waals surface area (Å²) < 4.78 is 43.8. The van der Waals surface area contributed by atoms with Gasteiger partial charge in [0.05, 0.1) is 12.7 Å². The van der Waals surface area contributed by atoms with E-state index in [0.717, 1.165) is 12.1 Å². The van der Waals surface area contributed by atoms with Crippen molar-refractivity contribution < 1.29 is 23.0 Å². The SMILES string of the molecule is COc1ccc(Br)c(C(O)c2cccc(C(F)(F)F)c2)c1. The van der Waals surface area contributed by atoms with Crippen molar-refractivity contribution >= 4 is 15.9 Å². The van der Waals surface area contributed by atoms with E-state index in [1.807, 2.05) is 0 Å². The molecule has 2 aromatic carbocycles. The summed E-state index contributed by atoms with van der Waals surface area (Å²) in [5.74, 6) is 0.513. The summed E-state index contributed by atoms with van der Waals surface area (Å²) in [6.45, 7) is 0. The Labute approximate surface area is 128 Å². The number of hydrogen-bond donors (Lipinski definition) is 1. The number of rotatable bonds is 3. The minimum atomic E-state index is -4.44. The number of ether oxygens (including phenoxy) is 1. The van der Waals surface area contributed by atoms with Gasteiger partial charge in [-0.25, -0.2) is 0 Å². The van der Waals surface area contributed by atoms with Crippen molar-refractivity contribution in [1.29, 1.82) is 0 Å². The van der Waals surface area contributed by atoms with Crippen LogP contribution in [0, 0.1) is 0 Å². The van der Waals surface area contributed by atoms with E-state index < -0.39 is 17.8 Å². The zero-order chi connectivity index (χ0) is 15.6. The fourth-order valence-electron chi connectivity index (χ4n) is 1.92. The Hall–Kier alpha value is -1.53.